The first kappa shape index (κ1) is 20.1. The molecule has 138 valence electrons. The van der Waals surface area contributed by atoms with Gasteiger partial charge in [0.15, 0.2) is 0 Å². The van der Waals surface area contributed by atoms with Gasteiger partial charge < -0.3 is 9.31 Å². The number of rotatable bonds is 5. The highest BCUT2D eigenvalue weighted by molar-refractivity contribution is 6.55. The highest BCUT2D eigenvalue weighted by Gasteiger charge is 2.52. The third-order valence-corrected chi connectivity index (χ3v) is 4.98. The van der Waals surface area contributed by atoms with Crippen molar-refractivity contribution in [3.05, 3.63) is 40.9 Å². The summed E-state index contributed by atoms with van der Waals surface area (Å²) in [6.07, 6.45) is -0.360. The highest BCUT2D eigenvalue weighted by atomic mass is 19.4. The molecule has 0 amide bonds. The van der Waals surface area contributed by atoms with Gasteiger partial charge in [-0.25, -0.2) is 0 Å². The fraction of sp³-hybridized carbons (Fsp3) is 0.579. The lowest BCUT2D eigenvalue weighted by atomic mass is 9.74. The van der Waals surface area contributed by atoms with E-state index in [0.29, 0.717) is 6.42 Å². The second-order valence-corrected chi connectivity index (χ2v) is 7.50. The Bertz CT molecular complexity index is 620. The molecule has 0 aromatic heterocycles. The minimum Gasteiger partial charge on any atom is -0.400 e. The number of halogens is 3. The van der Waals surface area contributed by atoms with Gasteiger partial charge in [-0.15, -0.1) is 0 Å². The van der Waals surface area contributed by atoms with Crippen LogP contribution >= 0.6 is 0 Å². The van der Waals surface area contributed by atoms with Crippen LogP contribution in [-0.4, -0.2) is 18.3 Å². The molecule has 0 bridgehead atoms. The number of unbranched alkanes of at least 4 members (excludes halogenated alkanes) is 1. The summed E-state index contributed by atoms with van der Waals surface area (Å²) in [6.45, 7) is 9.80. The summed E-state index contributed by atoms with van der Waals surface area (Å²) in [4.78, 5) is 0. The Labute approximate surface area is 148 Å². The number of alkyl halides is 3. The van der Waals surface area contributed by atoms with Gasteiger partial charge in [-0.1, -0.05) is 44.0 Å². The second kappa shape index (κ2) is 7.16. The molecule has 1 aromatic carbocycles. The lowest BCUT2D eigenvalue weighted by Gasteiger charge is -2.32. The van der Waals surface area contributed by atoms with E-state index < -0.39 is 30.1 Å². The minimum atomic E-state index is -4.39. The summed E-state index contributed by atoms with van der Waals surface area (Å²) in [5.41, 5.74) is -0.785. The number of hydrogen-bond acceptors (Lipinski definition) is 2. The Morgan fingerprint density at radius 2 is 1.64 bits per heavy atom. The van der Waals surface area contributed by atoms with Crippen LogP contribution in [0.4, 0.5) is 13.2 Å². The smallest absolute Gasteiger partial charge is 0.400 e. The maximum Gasteiger partial charge on any atom is 0.490 e. The van der Waals surface area contributed by atoms with Crippen LogP contribution in [0.1, 0.15) is 65.0 Å². The lowest BCUT2D eigenvalue weighted by molar-refractivity contribution is -0.137. The molecular weight excluding hydrogens is 328 g/mol. The first-order valence-electron chi connectivity index (χ1n) is 8.70. The fourth-order valence-electron chi connectivity index (χ4n) is 2.71. The van der Waals surface area contributed by atoms with Crippen molar-refractivity contribution in [2.24, 2.45) is 0 Å². The largest absolute Gasteiger partial charge is 0.490 e. The lowest BCUT2D eigenvalue weighted by Crippen LogP contribution is -2.41. The van der Waals surface area contributed by atoms with E-state index in [1.165, 1.54) is 12.1 Å². The van der Waals surface area contributed by atoms with Crippen molar-refractivity contribution in [3.63, 3.8) is 0 Å². The molecule has 1 saturated heterocycles. The van der Waals surface area contributed by atoms with Crippen LogP contribution in [0, 0.1) is 0 Å². The zero-order chi connectivity index (χ0) is 18.9. The first-order valence-corrected chi connectivity index (χ1v) is 8.70. The summed E-state index contributed by atoms with van der Waals surface area (Å²) in [5.74, 6) is 0. The van der Waals surface area contributed by atoms with E-state index in [4.69, 9.17) is 9.31 Å². The van der Waals surface area contributed by atoms with Gasteiger partial charge >= 0.3 is 13.3 Å². The van der Waals surface area contributed by atoms with Crippen LogP contribution in [0.25, 0.3) is 6.08 Å². The molecular formula is C19H26BF3O2. The molecule has 1 aromatic rings. The van der Waals surface area contributed by atoms with Gasteiger partial charge in [0.25, 0.3) is 0 Å². The van der Waals surface area contributed by atoms with Crippen molar-refractivity contribution in [2.45, 2.75) is 71.3 Å². The SMILES string of the molecule is CCCC/C(=C\c1ccccc1C(F)(F)F)B1OC(C)(C)C(C)(C)O1. The van der Waals surface area contributed by atoms with E-state index in [0.717, 1.165) is 24.4 Å². The van der Waals surface area contributed by atoms with Crippen molar-refractivity contribution in [2.75, 3.05) is 0 Å². The zero-order valence-corrected chi connectivity index (χ0v) is 15.5. The van der Waals surface area contributed by atoms with E-state index in [9.17, 15) is 13.2 Å². The Balaban J connectivity index is 2.41. The van der Waals surface area contributed by atoms with Crippen molar-refractivity contribution in [1.82, 2.24) is 0 Å². The highest BCUT2D eigenvalue weighted by Crippen LogP contribution is 2.40. The molecule has 0 spiro atoms. The normalized spacial score (nSPS) is 20.2. The standard InChI is InChI=1S/C19H26BF3O2/c1-6-7-11-15(20-24-17(2,3)18(4,5)25-20)13-14-10-8-9-12-16(14)19(21,22)23/h8-10,12-13H,6-7,11H2,1-5H3/b15-13+. The first-order chi connectivity index (χ1) is 11.5. The Kier molecular flexibility index (Phi) is 5.74. The van der Waals surface area contributed by atoms with E-state index in [-0.39, 0.29) is 5.56 Å². The van der Waals surface area contributed by atoms with E-state index in [1.807, 2.05) is 34.6 Å². The van der Waals surface area contributed by atoms with Crippen molar-refractivity contribution >= 4 is 13.2 Å². The molecule has 2 nitrogen and oxygen atoms in total. The molecule has 1 heterocycles. The van der Waals surface area contributed by atoms with Gasteiger partial charge in [0.05, 0.1) is 16.8 Å². The molecule has 25 heavy (non-hydrogen) atoms. The third kappa shape index (κ3) is 4.48. The van der Waals surface area contributed by atoms with Crippen molar-refractivity contribution in [1.29, 1.82) is 0 Å². The molecule has 0 N–H and O–H groups in total. The molecule has 0 aliphatic carbocycles. The van der Waals surface area contributed by atoms with Gasteiger partial charge in [0.1, 0.15) is 0 Å². The van der Waals surface area contributed by atoms with Crippen LogP contribution in [0.3, 0.4) is 0 Å². The van der Waals surface area contributed by atoms with Gasteiger partial charge in [0.2, 0.25) is 0 Å². The predicted octanol–water partition coefficient (Wildman–Crippen LogP) is 5.91. The van der Waals surface area contributed by atoms with E-state index in [1.54, 1.807) is 12.1 Å². The summed E-state index contributed by atoms with van der Waals surface area (Å²) in [7, 11) is -0.627. The quantitative estimate of drug-likeness (QED) is 0.612. The maximum atomic E-state index is 13.3. The fourth-order valence-corrected chi connectivity index (χ4v) is 2.71. The number of allylic oxidation sites excluding steroid dienone is 1. The zero-order valence-electron chi connectivity index (χ0n) is 15.5. The molecule has 6 heteroatoms. The minimum absolute atomic E-state index is 0.149. The van der Waals surface area contributed by atoms with Crippen molar-refractivity contribution < 1.29 is 22.5 Å². The maximum absolute atomic E-state index is 13.3. The molecule has 2 rings (SSSR count). The topological polar surface area (TPSA) is 18.5 Å². The molecule has 0 saturated carbocycles. The molecule has 1 aliphatic heterocycles. The molecule has 1 fully saturated rings. The van der Waals surface area contributed by atoms with Crippen LogP contribution in [-0.2, 0) is 15.5 Å². The van der Waals surface area contributed by atoms with E-state index in [2.05, 4.69) is 0 Å². The van der Waals surface area contributed by atoms with E-state index >= 15 is 0 Å². The summed E-state index contributed by atoms with van der Waals surface area (Å²) in [6, 6.07) is 5.61. The molecule has 0 radical (unpaired) electrons. The Hall–Kier alpha value is -1.27. The van der Waals surface area contributed by atoms with Crippen molar-refractivity contribution in [3.8, 4) is 0 Å². The average molecular weight is 354 g/mol. The predicted molar refractivity (Wildman–Crippen MR) is 95.0 cm³/mol. The van der Waals surface area contributed by atoms with Gasteiger partial charge in [-0.2, -0.15) is 13.2 Å². The molecule has 0 atom stereocenters. The summed E-state index contributed by atoms with van der Waals surface area (Å²) in [5, 5.41) is 0. The van der Waals surface area contributed by atoms with Gasteiger partial charge in [0, 0.05) is 0 Å². The van der Waals surface area contributed by atoms with Crippen LogP contribution < -0.4 is 0 Å². The van der Waals surface area contributed by atoms with Crippen LogP contribution in [0.15, 0.2) is 29.7 Å². The summed E-state index contributed by atoms with van der Waals surface area (Å²) >= 11 is 0. The third-order valence-electron chi connectivity index (χ3n) is 4.98. The monoisotopic (exact) mass is 354 g/mol. The summed E-state index contributed by atoms with van der Waals surface area (Å²) < 4.78 is 51.9. The Morgan fingerprint density at radius 3 is 2.16 bits per heavy atom. The molecule has 1 aliphatic rings. The average Bonchev–Trinajstić information content (AvgIpc) is 2.71. The second-order valence-electron chi connectivity index (χ2n) is 7.50. The Morgan fingerprint density at radius 1 is 1.08 bits per heavy atom. The van der Waals surface area contributed by atoms with Crippen LogP contribution in [0.5, 0.6) is 0 Å². The van der Waals surface area contributed by atoms with Crippen LogP contribution in [0.2, 0.25) is 0 Å². The molecule has 0 unspecified atom stereocenters. The number of benzene rings is 1. The van der Waals surface area contributed by atoms with Gasteiger partial charge in [-0.05, 0) is 51.2 Å². The van der Waals surface area contributed by atoms with Gasteiger partial charge in [-0.3, -0.25) is 0 Å². The number of hydrogen-bond donors (Lipinski definition) is 0.